The van der Waals surface area contributed by atoms with Crippen LogP contribution in [0.5, 0.6) is 0 Å². The zero-order valence-corrected chi connectivity index (χ0v) is 19.6. The Balaban J connectivity index is 1.56. The van der Waals surface area contributed by atoms with E-state index in [-0.39, 0.29) is 30.2 Å². The summed E-state index contributed by atoms with van der Waals surface area (Å²) in [6, 6.07) is 16.1. The molecule has 1 heterocycles. The minimum absolute atomic E-state index is 0.0578. The second-order valence-corrected chi connectivity index (χ2v) is 10.8. The first-order valence-electron chi connectivity index (χ1n) is 11.2. The normalized spacial score (nSPS) is 18.5. The first-order chi connectivity index (χ1) is 14.8. The average Bonchev–Trinajstić information content (AvgIpc) is 2.76. The molecule has 1 N–H and O–H groups in total. The van der Waals surface area contributed by atoms with Gasteiger partial charge in [0.05, 0.1) is 17.7 Å². The maximum atomic E-state index is 12.9. The van der Waals surface area contributed by atoms with Crippen LogP contribution in [0.15, 0.2) is 48.5 Å². The standard InChI is InChI=1S/C25H34N2O3S/c1-19-13-14-20(2)24(17-19)21(3)26-25(28)23-12-7-15-27(18-23)31(29,30)16-8-11-22-9-5-4-6-10-22/h4-6,9-10,13-14,17,21,23H,7-8,11-12,15-16,18H2,1-3H3,(H,26,28)/t21-,23+/m0/s1. The monoisotopic (exact) mass is 442 g/mol. The van der Waals surface area contributed by atoms with Crippen LogP contribution in [-0.4, -0.2) is 37.5 Å². The van der Waals surface area contributed by atoms with E-state index in [1.54, 1.807) is 0 Å². The molecule has 0 bridgehead atoms. The van der Waals surface area contributed by atoms with Crippen LogP contribution in [0, 0.1) is 19.8 Å². The predicted octanol–water partition coefficient (Wildman–Crippen LogP) is 4.16. The van der Waals surface area contributed by atoms with Gasteiger partial charge in [0.2, 0.25) is 15.9 Å². The highest BCUT2D eigenvalue weighted by Gasteiger charge is 2.32. The van der Waals surface area contributed by atoms with Crippen LogP contribution < -0.4 is 5.32 Å². The molecule has 1 aliphatic heterocycles. The molecule has 1 fully saturated rings. The lowest BCUT2D eigenvalue weighted by molar-refractivity contribution is -0.126. The van der Waals surface area contributed by atoms with Gasteiger partial charge < -0.3 is 5.32 Å². The molecule has 0 radical (unpaired) electrons. The van der Waals surface area contributed by atoms with Crippen molar-refractivity contribution in [1.82, 2.24) is 9.62 Å². The third kappa shape index (κ3) is 6.40. The molecule has 0 unspecified atom stereocenters. The third-order valence-electron chi connectivity index (χ3n) is 6.12. The summed E-state index contributed by atoms with van der Waals surface area (Å²) in [5.41, 5.74) is 4.56. The highest BCUT2D eigenvalue weighted by Crippen LogP contribution is 2.23. The summed E-state index contributed by atoms with van der Waals surface area (Å²) in [6.07, 6.45) is 2.77. The fraction of sp³-hybridized carbons (Fsp3) is 0.480. The van der Waals surface area contributed by atoms with Gasteiger partial charge >= 0.3 is 0 Å². The number of nitrogens with zero attached hydrogens (tertiary/aromatic N) is 1. The van der Waals surface area contributed by atoms with Gasteiger partial charge in [0.25, 0.3) is 0 Å². The number of hydrogen-bond acceptors (Lipinski definition) is 3. The van der Waals surface area contributed by atoms with Gasteiger partial charge in [-0.05, 0) is 63.1 Å². The van der Waals surface area contributed by atoms with Crippen molar-refractivity contribution in [2.45, 2.75) is 52.5 Å². The van der Waals surface area contributed by atoms with Gasteiger partial charge in [-0.15, -0.1) is 0 Å². The molecule has 1 amide bonds. The summed E-state index contributed by atoms with van der Waals surface area (Å²) in [5.74, 6) is -0.238. The van der Waals surface area contributed by atoms with Crippen molar-refractivity contribution in [2.24, 2.45) is 5.92 Å². The number of carbonyl (C=O) groups excluding carboxylic acids is 1. The SMILES string of the molecule is Cc1ccc(C)c([C@H](C)NC(=O)[C@@H]2CCCN(S(=O)(=O)CCCc3ccccc3)C2)c1. The van der Waals surface area contributed by atoms with Crippen LogP contribution in [0.2, 0.25) is 0 Å². The highest BCUT2D eigenvalue weighted by atomic mass is 32.2. The number of hydrogen-bond donors (Lipinski definition) is 1. The maximum Gasteiger partial charge on any atom is 0.224 e. The second-order valence-electron chi connectivity index (χ2n) is 8.69. The number of carbonyl (C=O) groups is 1. The predicted molar refractivity (Wildman–Crippen MR) is 125 cm³/mol. The highest BCUT2D eigenvalue weighted by molar-refractivity contribution is 7.89. The molecule has 1 saturated heterocycles. The Morgan fingerprint density at radius 2 is 1.90 bits per heavy atom. The van der Waals surface area contributed by atoms with E-state index in [2.05, 4.69) is 23.5 Å². The van der Waals surface area contributed by atoms with Crippen molar-refractivity contribution in [2.75, 3.05) is 18.8 Å². The lowest BCUT2D eigenvalue weighted by Gasteiger charge is -2.32. The molecule has 2 aromatic rings. The second kappa shape index (κ2) is 10.4. The van der Waals surface area contributed by atoms with Gasteiger partial charge in [-0.2, -0.15) is 0 Å². The number of aryl methyl sites for hydroxylation is 3. The van der Waals surface area contributed by atoms with Crippen LogP contribution >= 0.6 is 0 Å². The lowest BCUT2D eigenvalue weighted by Crippen LogP contribution is -2.46. The number of amides is 1. The van der Waals surface area contributed by atoms with Crippen molar-refractivity contribution < 1.29 is 13.2 Å². The van der Waals surface area contributed by atoms with E-state index in [1.165, 1.54) is 4.31 Å². The summed E-state index contributed by atoms with van der Waals surface area (Å²) in [7, 11) is -3.36. The van der Waals surface area contributed by atoms with Crippen molar-refractivity contribution >= 4 is 15.9 Å². The summed E-state index contributed by atoms with van der Waals surface area (Å²) in [6.45, 7) is 6.85. The van der Waals surface area contributed by atoms with E-state index >= 15 is 0 Å². The Labute approximate surface area is 186 Å². The fourth-order valence-electron chi connectivity index (χ4n) is 4.28. The molecular formula is C25H34N2O3S. The molecule has 6 heteroatoms. The molecule has 1 aliphatic rings. The molecule has 0 aromatic heterocycles. The van der Waals surface area contributed by atoms with Crippen molar-refractivity contribution in [3.8, 4) is 0 Å². The number of sulfonamides is 1. The minimum atomic E-state index is -3.36. The van der Waals surface area contributed by atoms with Gasteiger partial charge in [-0.25, -0.2) is 12.7 Å². The van der Waals surface area contributed by atoms with E-state index in [0.29, 0.717) is 19.4 Å². The fourth-order valence-corrected chi connectivity index (χ4v) is 5.86. The Morgan fingerprint density at radius 1 is 1.16 bits per heavy atom. The van der Waals surface area contributed by atoms with E-state index in [9.17, 15) is 13.2 Å². The number of benzene rings is 2. The Bertz CT molecular complexity index is 989. The van der Waals surface area contributed by atoms with Crippen LogP contribution in [0.25, 0.3) is 0 Å². The van der Waals surface area contributed by atoms with Gasteiger partial charge in [0.15, 0.2) is 0 Å². The lowest BCUT2D eigenvalue weighted by atomic mass is 9.96. The number of piperidine rings is 1. The molecule has 0 aliphatic carbocycles. The first kappa shape index (κ1) is 23.5. The zero-order chi connectivity index (χ0) is 22.4. The number of rotatable bonds is 8. The van der Waals surface area contributed by atoms with E-state index < -0.39 is 10.0 Å². The van der Waals surface area contributed by atoms with Crippen molar-refractivity contribution in [3.63, 3.8) is 0 Å². The molecule has 0 saturated carbocycles. The molecule has 3 rings (SSSR count). The van der Waals surface area contributed by atoms with Gasteiger partial charge in [-0.3, -0.25) is 4.79 Å². The zero-order valence-electron chi connectivity index (χ0n) is 18.8. The molecule has 0 spiro atoms. The van der Waals surface area contributed by atoms with Crippen LogP contribution in [0.1, 0.15) is 54.5 Å². The average molecular weight is 443 g/mol. The summed E-state index contributed by atoms with van der Waals surface area (Å²) in [5, 5.41) is 3.11. The van der Waals surface area contributed by atoms with Crippen LogP contribution in [0.3, 0.4) is 0 Å². The molecule has 5 nitrogen and oxygen atoms in total. The number of nitrogens with one attached hydrogen (secondary N) is 1. The summed E-state index contributed by atoms with van der Waals surface area (Å²) < 4.78 is 27.3. The smallest absolute Gasteiger partial charge is 0.224 e. The van der Waals surface area contributed by atoms with Crippen LogP contribution in [-0.2, 0) is 21.2 Å². The minimum Gasteiger partial charge on any atom is -0.349 e. The Kier molecular flexibility index (Phi) is 7.89. The summed E-state index contributed by atoms with van der Waals surface area (Å²) >= 11 is 0. The Morgan fingerprint density at radius 3 is 2.65 bits per heavy atom. The van der Waals surface area contributed by atoms with Gasteiger partial charge in [-0.1, -0.05) is 54.1 Å². The van der Waals surface area contributed by atoms with E-state index in [4.69, 9.17) is 0 Å². The van der Waals surface area contributed by atoms with E-state index in [1.807, 2.05) is 51.1 Å². The van der Waals surface area contributed by atoms with E-state index in [0.717, 1.165) is 35.1 Å². The molecule has 31 heavy (non-hydrogen) atoms. The molecule has 2 atom stereocenters. The third-order valence-corrected chi connectivity index (χ3v) is 8.04. The largest absolute Gasteiger partial charge is 0.349 e. The molecule has 2 aromatic carbocycles. The molecule has 168 valence electrons. The quantitative estimate of drug-likeness (QED) is 0.668. The Hall–Kier alpha value is -2.18. The van der Waals surface area contributed by atoms with Gasteiger partial charge in [0, 0.05) is 13.1 Å². The first-order valence-corrected chi connectivity index (χ1v) is 12.8. The van der Waals surface area contributed by atoms with Gasteiger partial charge in [0.1, 0.15) is 0 Å². The van der Waals surface area contributed by atoms with Crippen LogP contribution in [0.4, 0.5) is 0 Å². The maximum absolute atomic E-state index is 12.9. The topological polar surface area (TPSA) is 66.5 Å². The molecular weight excluding hydrogens is 408 g/mol. The van der Waals surface area contributed by atoms with Crippen molar-refractivity contribution in [1.29, 1.82) is 0 Å². The van der Waals surface area contributed by atoms with Crippen molar-refractivity contribution in [3.05, 3.63) is 70.8 Å². The summed E-state index contributed by atoms with van der Waals surface area (Å²) in [4.78, 5) is 12.9.